The van der Waals surface area contributed by atoms with Crippen LogP contribution in [0, 0.1) is 5.82 Å². The van der Waals surface area contributed by atoms with Crippen molar-refractivity contribution in [3.63, 3.8) is 0 Å². The highest BCUT2D eigenvalue weighted by Crippen LogP contribution is 2.21. The molecule has 2 aromatic carbocycles. The maximum absolute atomic E-state index is 13.6. The molecular formula is C12H11FN2O. The summed E-state index contributed by atoms with van der Waals surface area (Å²) >= 11 is 0. The summed E-state index contributed by atoms with van der Waals surface area (Å²) in [6.45, 7) is 0. The fourth-order valence-corrected chi connectivity index (χ4v) is 1.71. The molecule has 0 aliphatic carbocycles. The molecule has 0 fully saturated rings. The lowest BCUT2D eigenvalue weighted by molar-refractivity contribution is 0.317. The SMILES string of the molecule is NC(Cc1c(F)ccc2ccccc12)=NO. The minimum absolute atomic E-state index is 0.00440. The van der Waals surface area contributed by atoms with Gasteiger partial charge in [0.1, 0.15) is 11.7 Å². The van der Waals surface area contributed by atoms with Crippen LogP contribution in [0.5, 0.6) is 0 Å². The van der Waals surface area contributed by atoms with Gasteiger partial charge >= 0.3 is 0 Å². The van der Waals surface area contributed by atoms with Crippen molar-refractivity contribution in [1.82, 2.24) is 0 Å². The molecule has 0 saturated heterocycles. The number of nitrogens with zero attached hydrogens (tertiary/aromatic N) is 1. The molecule has 0 amide bonds. The van der Waals surface area contributed by atoms with Crippen LogP contribution in [0.3, 0.4) is 0 Å². The Bertz CT molecular complexity index is 552. The maximum Gasteiger partial charge on any atom is 0.143 e. The number of fused-ring (bicyclic) bond motifs is 1. The molecule has 2 aromatic rings. The second-order valence-electron chi connectivity index (χ2n) is 3.52. The molecule has 2 rings (SSSR count). The summed E-state index contributed by atoms with van der Waals surface area (Å²) in [4.78, 5) is 0. The van der Waals surface area contributed by atoms with E-state index < -0.39 is 0 Å². The number of benzene rings is 2. The third-order valence-corrected chi connectivity index (χ3v) is 2.47. The Balaban J connectivity index is 2.61. The average molecular weight is 218 g/mol. The molecule has 82 valence electrons. The molecule has 0 aromatic heterocycles. The summed E-state index contributed by atoms with van der Waals surface area (Å²) in [5.74, 6) is -0.347. The van der Waals surface area contributed by atoms with Crippen LogP contribution in [0.1, 0.15) is 5.56 Å². The number of oxime groups is 1. The van der Waals surface area contributed by atoms with Crippen molar-refractivity contribution < 1.29 is 9.60 Å². The Morgan fingerprint density at radius 1 is 1.25 bits per heavy atom. The number of hydrogen-bond acceptors (Lipinski definition) is 2. The van der Waals surface area contributed by atoms with Crippen LogP contribution >= 0.6 is 0 Å². The van der Waals surface area contributed by atoms with E-state index in [9.17, 15) is 4.39 Å². The molecule has 0 unspecified atom stereocenters. The second-order valence-corrected chi connectivity index (χ2v) is 3.52. The van der Waals surface area contributed by atoms with Gasteiger partial charge in [-0.05, 0) is 16.8 Å². The van der Waals surface area contributed by atoms with Gasteiger partial charge in [0.05, 0.1) is 0 Å². The van der Waals surface area contributed by atoms with Gasteiger partial charge in [0.25, 0.3) is 0 Å². The van der Waals surface area contributed by atoms with Crippen LogP contribution in [0.15, 0.2) is 41.6 Å². The van der Waals surface area contributed by atoms with Crippen molar-refractivity contribution in [3.8, 4) is 0 Å². The molecule has 0 spiro atoms. The first kappa shape index (κ1) is 10.4. The fraction of sp³-hybridized carbons (Fsp3) is 0.0833. The smallest absolute Gasteiger partial charge is 0.143 e. The van der Waals surface area contributed by atoms with Crippen molar-refractivity contribution >= 4 is 16.6 Å². The Labute approximate surface area is 92.0 Å². The summed E-state index contributed by atoms with van der Waals surface area (Å²) in [7, 11) is 0. The van der Waals surface area contributed by atoms with E-state index in [1.165, 1.54) is 6.07 Å². The first-order chi connectivity index (χ1) is 7.72. The lowest BCUT2D eigenvalue weighted by Crippen LogP contribution is -2.15. The predicted octanol–water partition coefficient (Wildman–Crippen LogP) is 2.27. The summed E-state index contributed by atoms with van der Waals surface area (Å²) in [6, 6.07) is 10.5. The molecule has 0 aliphatic rings. The Hall–Kier alpha value is -2.10. The summed E-state index contributed by atoms with van der Waals surface area (Å²) in [5, 5.41) is 13.1. The van der Waals surface area contributed by atoms with E-state index >= 15 is 0 Å². The van der Waals surface area contributed by atoms with Gasteiger partial charge in [-0.25, -0.2) is 4.39 Å². The van der Waals surface area contributed by atoms with Gasteiger partial charge in [0.15, 0.2) is 0 Å². The summed E-state index contributed by atoms with van der Waals surface area (Å²) in [6.07, 6.45) is 0.101. The monoisotopic (exact) mass is 218 g/mol. The van der Waals surface area contributed by atoms with Crippen molar-refractivity contribution in [3.05, 3.63) is 47.8 Å². The van der Waals surface area contributed by atoms with Crippen LogP contribution in [0.25, 0.3) is 10.8 Å². The first-order valence-electron chi connectivity index (χ1n) is 4.85. The van der Waals surface area contributed by atoms with Crippen molar-refractivity contribution in [2.75, 3.05) is 0 Å². The van der Waals surface area contributed by atoms with Crippen LogP contribution < -0.4 is 5.73 Å². The van der Waals surface area contributed by atoms with Crippen LogP contribution in [0.2, 0.25) is 0 Å². The van der Waals surface area contributed by atoms with Gasteiger partial charge < -0.3 is 10.9 Å². The maximum atomic E-state index is 13.6. The predicted molar refractivity (Wildman–Crippen MR) is 61.0 cm³/mol. The molecule has 3 N–H and O–H groups in total. The van der Waals surface area contributed by atoms with Gasteiger partial charge in [-0.3, -0.25) is 0 Å². The number of nitrogens with two attached hydrogens (primary N) is 1. The molecule has 0 heterocycles. The van der Waals surface area contributed by atoms with E-state index in [1.807, 2.05) is 24.3 Å². The van der Waals surface area contributed by atoms with E-state index in [4.69, 9.17) is 10.9 Å². The molecule has 4 heteroatoms. The Morgan fingerprint density at radius 3 is 2.75 bits per heavy atom. The van der Waals surface area contributed by atoms with Crippen molar-refractivity contribution in [1.29, 1.82) is 0 Å². The first-order valence-corrected chi connectivity index (χ1v) is 4.85. The highest BCUT2D eigenvalue weighted by atomic mass is 19.1. The third kappa shape index (κ3) is 1.82. The van der Waals surface area contributed by atoms with E-state index in [0.717, 1.165) is 10.8 Å². The minimum Gasteiger partial charge on any atom is -0.409 e. The minimum atomic E-state index is -0.342. The average Bonchev–Trinajstić information content (AvgIpc) is 2.32. The zero-order valence-electron chi connectivity index (χ0n) is 8.52. The van der Waals surface area contributed by atoms with E-state index in [0.29, 0.717) is 5.56 Å². The Kier molecular flexibility index (Phi) is 2.72. The molecule has 0 radical (unpaired) electrons. The fourth-order valence-electron chi connectivity index (χ4n) is 1.71. The molecule has 0 aliphatic heterocycles. The molecule has 0 bridgehead atoms. The number of halogens is 1. The number of hydrogen-bond donors (Lipinski definition) is 2. The van der Waals surface area contributed by atoms with Gasteiger partial charge in [-0.15, -0.1) is 0 Å². The van der Waals surface area contributed by atoms with Gasteiger partial charge in [0, 0.05) is 12.0 Å². The number of amidine groups is 1. The van der Waals surface area contributed by atoms with Crippen LogP contribution in [0.4, 0.5) is 4.39 Å². The largest absolute Gasteiger partial charge is 0.409 e. The number of rotatable bonds is 2. The molecular weight excluding hydrogens is 207 g/mol. The van der Waals surface area contributed by atoms with Crippen LogP contribution in [-0.2, 0) is 6.42 Å². The highest BCUT2D eigenvalue weighted by Gasteiger charge is 2.08. The molecule has 0 atom stereocenters. The van der Waals surface area contributed by atoms with E-state index in [-0.39, 0.29) is 18.1 Å². The topological polar surface area (TPSA) is 58.6 Å². The molecule has 16 heavy (non-hydrogen) atoms. The summed E-state index contributed by atoms with van der Waals surface area (Å²) < 4.78 is 13.6. The van der Waals surface area contributed by atoms with Gasteiger partial charge in [-0.2, -0.15) is 0 Å². The summed E-state index contributed by atoms with van der Waals surface area (Å²) in [5.41, 5.74) is 5.85. The highest BCUT2D eigenvalue weighted by molar-refractivity contribution is 5.91. The molecule has 0 saturated carbocycles. The van der Waals surface area contributed by atoms with Gasteiger partial charge in [-0.1, -0.05) is 35.5 Å². The standard InChI is InChI=1S/C12H11FN2O/c13-11-6-5-8-3-1-2-4-9(8)10(11)7-12(14)15-16/h1-6,16H,7H2,(H2,14,15). The second kappa shape index (κ2) is 4.18. The van der Waals surface area contributed by atoms with E-state index in [2.05, 4.69) is 5.16 Å². The molecule has 3 nitrogen and oxygen atoms in total. The van der Waals surface area contributed by atoms with Crippen molar-refractivity contribution in [2.45, 2.75) is 6.42 Å². The van der Waals surface area contributed by atoms with Gasteiger partial charge in [0.2, 0.25) is 0 Å². The zero-order valence-corrected chi connectivity index (χ0v) is 8.52. The third-order valence-electron chi connectivity index (χ3n) is 2.47. The lowest BCUT2D eigenvalue weighted by Gasteiger charge is -2.06. The lowest BCUT2D eigenvalue weighted by atomic mass is 10.0. The van der Waals surface area contributed by atoms with Crippen LogP contribution in [-0.4, -0.2) is 11.0 Å². The Morgan fingerprint density at radius 2 is 2.00 bits per heavy atom. The quantitative estimate of drug-likeness (QED) is 0.351. The normalized spacial score (nSPS) is 11.9. The van der Waals surface area contributed by atoms with E-state index in [1.54, 1.807) is 6.07 Å². The van der Waals surface area contributed by atoms with Crippen molar-refractivity contribution in [2.24, 2.45) is 10.9 Å². The zero-order chi connectivity index (χ0) is 11.5.